The van der Waals surface area contributed by atoms with Gasteiger partial charge in [0.2, 0.25) is 11.8 Å². The van der Waals surface area contributed by atoms with Crippen LogP contribution in [0.4, 0.5) is 11.4 Å². The minimum atomic E-state index is -3.19. The Kier molecular flexibility index (Phi) is 6.81. The Balaban J connectivity index is 1.75. The van der Waals surface area contributed by atoms with E-state index in [1.54, 1.807) is 0 Å². The Morgan fingerprint density at radius 3 is 2.28 bits per heavy atom. The van der Waals surface area contributed by atoms with Crippen molar-refractivity contribution in [3.63, 3.8) is 0 Å². The molecule has 25 heavy (non-hydrogen) atoms. The Morgan fingerprint density at radius 1 is 1.04 bits per heavy atom. The summed E-state index contributed by atoms with van der Waals surface area (Å²) in [4.78, 5) is 25.7. The fourth-order valence-electron chi connectivity index (χ4n) is 2.66. The van der Waals surface area contributed by atoms with Crippen LogP contribution in [0.1, 0.15) is 25.7 Å². The minimum absolute atomic E-state index is 0.142. The standard InChI is InChI=1S/C17H25N3O4S/c1-25(23,24)12-9-16(21)18-13-17(22)19-14-5-7-15(8-6-14)20-10-3-2-4-11-20/h5-8H,2-4,9-13H2,1H3,(H,18,21)(H,19,22). The van der Waals surface area contributed by atoms with Crippen molar-refractivity contribution in [2.75, 3.05) is 41.9 Å². The van der Waals surface area contributed by atoms with Gasteiger partial charge in [0, 0.05) is 37.1 Å². The molecule has 0 bridgehead atoms. The molecule has 2 rings (SSSR count). The lowest BCUT2D eigenvalue weighted by molar-refractivity contribution is -0.123. The molecule has 0 aliphatic carbocycles. The molecule has 2 N–H and O–H groups in total. The number of benzene rings is 1. The molecule has 7 nitrogen and oxygen atoms in total. The molecule has 0 aromatic heterocycles. The molecule has 1 heterocycles. The predicted octanol–water partition coefficient (Wildman–Crippen LogP) is 1.17. The molecule has 1 saturated heterocycles. The maximum absolute atomic E-state index is 11.9. The number of piperidine rings is 1. The maximum Gasteiger partial charge on any atom is 0.243 e. The van der Waals surface area contributed by atoms with Gasteiger partial charge in [0.15, 0.2) is 0 Å². The number of carbonyl (C=O) groups is 2. The van der Waals surface area contributed by atoms with Crippen molar-refractivity contribution in [3.05, 3.63) is 24.3 Å². The summed E-state index contributed by atoms with van der Waals surface area (Å²) in [6.07, 6.45) is 4.62. The quantitative estimate of drug-likeness (QED) is 0.754. The van der Waals surface area contributed by atoms with E-state index >= 15 is 0 Å². The van der Waals surface area contributed by atoms with E-state index in [0.717, 1.165) is 25.0 Å². The molecule has 0 radical (unpaired) electrons. The second-order valence-corrected chi connectivity index (χ2v) is 8.56. The van der Waals surface area contributed by atoms with Gasteiger partial charge in [-0.3, -0.25) is 9.59 Å². The molecule has 1 aliphatic rings. The molecule has 2 amide bonds. The fourth-order valence-corrected chi connectivity index (χ4v) is 3.21. The summed E-state index contributed by atoms with van der Waals surface area (Å²) in [5.74, 6) is -1.03. The lowest BCUT2D eigenvalue weighted by Gasteiger charge is -2.28. The van der Waals surface area contributed by atoms with Crippen LogP contribution in [-0.4, -0.2) is 51.9 Å². The third kappa shape index (κ3) is 7.13. The van der Waals surface area contributed by atoms with Gasteiger partial charge in [-0.1, -0.05) is 0 Å². The largest absolute Gasteiger partial charge is 0.372 e. The van der Waals surface area contributed by atoms with Crippen LogP contribution < -0.4 is 15.5 Å². The molecule has 0 unspecified atom stereocenters. The van der Waals surface area contributed by atoms with E-state index in [9.17, 15) is 18.0 Å². The van der Waals surface area contributed by atoms with Gasteiger partial charge in [-0.2, -0.15) is 0 Å². The summed E-state index contributed by atoms with van der Waals surface area (Å²) in [7, 11) is -3.19. The Labute approximate surface area is 148 Å². The van der Waals surface area contributed by atoms with E-state index in [4.69, 9.17) is 0 Å². The summed E-state index contributed by atoms with van der Waals surface area (Å²) >= 11 is 0. The lowest BCUT2D eigenvalue weighted by Crippen LogP contribution is -2.33. The SMILES string of the molecule is CS(=O)(=O)CCC(=O)NCC(=O)Nc1ccc(N2CCCCC2)cc1. The normalized spacial score (nSPS) is 14.8. The highest BCUT2D eigenvalue weighted by atomic mass is 32.2. The smallest absolute Gasteiger partial charge is 0.243 e. The zero-order valence-electron chi connectivity index (χ0n) is 14.5. The Hall–Kier alpha value is -2.09. The van der Waals surface area contributed by atoms with Crippen molar-refractivity contribution < 1.29 is 18.0 Å². The average molecular weight is 367 g/mol. The van der Waals surface area contributed by atoms with Crippen LogP contribution >= 0.6 is 0 Å². The monoisotopic (exact) mass is 367 g/mol. The van der Waals surface area contributed by atoms with Crippen molar-refractivity contribution in [1.82, 2.24) is 5.32 Å². The van der Waals surface area contributed by atoms with Crippen molar-refractivity contribution in [1.29, 1.82) is 0 Å². The predicted molar refractivity (Wildman–Crippen MR) is 98.5 cm³/mol. The van der Waals surface area contributed by atoms with E-state index in [2.05, 4.69) is 15.5 Å². The molecule has 0 saturated carbocycles. The van der Waals surface area contributed by atoms with Crippen LogP contribution in [0, 0.1) is 0 Å². The second-order valence-electron chi connectivity index (χ2n) is 6.30. The first-order valence-electron chi connectivity index (χ1n) is 8.43. The number of hydrogen-bond donors (Lipinski definition) is 2. The van der Waals surface area contributed by atoms with Gasteiger partial charge in [-0.25, -0.2) is 8.42 Å². The first-order chi connectivity index (χ1) is 11.8. The van der Waals surface area contributed by atoms with Crippen LogP contribution in [0.2, 0.25) is 0 Å². The number of rotatable bonds is 7. The molecule has 1 aromatic rings. The minimum Gasteiger partial charge on any atom is -0.372 e. The second kappa shape index (κ2) is 8.84. The van der Waals surface area contributed by atoms with Gasteiger partial charge in [0.25, 0.3) is 0 Å². The van der Waals surface area contributed by atoms with Crippen LogP contribution in [0.5, 0.6) is 0 Å². The molecule has 138 valence electrons. The fraction of sp³-hybridized carbons (Fsp3) is 0.529. The summed E-state index contributed by atoms with van der Waals surface area (Å²) in [6.45, 7) is 1.94. The van der Waals surface area contributed by atoms with Gasteiger partial charge < -0.3 is 15.5 Å². The Morgan fingerprint density at radius 2 is 1.68 bits per heavy atom. The number of nitrogens with one attached hydrogen (secondary N) is 2. The van der Waals surface area contributed by atoms with Gasteiger partial charge in [0.05, 0.1) is 12.3 Å². The number of sulfone groups is 1. The molecule has 8 heteroatoms. The molecule has 1 aliphatic heterocycles. The highest BCUT2D eigenvalue weighted by Crippen LogP contribution is 2.21. The first-order valence-corrected chi connectivity index (χ1v) is 10.5. The van der Waals surface area contributed by atoms with Crippen molar-refractivity contribution in [2.24, 2.45) is 0 Å². The molecule has 0 spiro atoms. The van der Waals surface area contributed by atoms with Crippen LogP contribution in [0.3, 0.4) is 0 Å². The van der Waals surface area contributed by atoms with Crippen molar-refractivity contribution in [3.8, 4) is 0 Å². The van der Waals surface area contributed by atoms with E-state index < -0.39 is 15.7 Å². The van der Waals surface area contributed by atoms with Gasteiger partial charge in [0.1, 0.15) is 9.84 Å². The van der Waals surface area contributed by atoms with Crippen molar-refractivity contribution in [2.45, 2.75) is 25.7 Å². The number of carbonyl (C=O) groups excluding carboxylic acids is 2. The number of amides is 2. The molecule has 0 atom stereocenters. The van der Waals surface area contributed by atoms with Crippen LogP contribution in [0.15, 0.2) is 24.3 Å². The number of hydrogen-bond acceptors (Lipinski definition) is 5. The zero-order valence-corrected chi connectivity index (χ0v) is 15.3. The van der Waals surface area contributed by atoms with Gasteiger partial charge in [-0.05, 0) is 43.5 Å². The topological polar surface area (TPSA) is 95.6 Å². The molecular formula is C17H25N3O4S. The lowest BCUT2D eigenvalue weighted by atomic mass is 10.1. The van der Waals surface area contributed by atoms with Crippen LogP contribution in [0.25, 0.3) is 0 Å². The third-order valence-corrected chi connectivity index (χ3v) is 4.96. The van der Waals surface area contributed by atoms with Gasteiger partial charge >= 0.3 is 0 Å². The highest BCUT2D eigenvalue weighted by molar-refractivity contribution is 7.90. The van der Waals surface area contributed by atoms with Gasteiger partial charge in [-0.15, -0.1) is 0 Å². The third-order valence-electron chi connectivity index (χ3n) is 4.02. The number of anilines is 2. The van der Waals surface area contributed by atoms with Crippen molar-refractivity contribution >= 4 is 33.0 Å². The summed E-state index contributed by atoms with van der Waals surface area (Å²) in [5, 5.41) is 5.12. The zero-order chi connectivity index (χ0) is 18.3. The molecule has 1 aromatic carbocycles. The first kappa shape index (κ1) is 19.2. The van der Waals surface area contributed by atoms with E-state index in [-0.39, 0.29) is 24.6 Å². The summed E-state index contributed by atoms with van der Waals surface area (Å²) in [5.41, 5.74) is 1.81. The summed E-state index contributed by atoms with van der Waals surface area (Å²) in [6, 6.07) is 7.64. The average Bonchev–Trinajstić information content (AvgIpc) is 2.59. The highest BCUT2D eigenvalue weighted by Gasteiger charge is 2.12. The van der Waals surface area contributed by atoms with Crippen LogP contribution in [-0.2, 0) is 19.4 Å². The molecule has 1 fully saturated rings. The summed E-state index contributed by atoms with van der Waals surface area (Å²) < 4.78 is 22.0. The van der Waals surface area contributed by atoms with E-state index in [1.807, 2.05) is 24.3 Å². The molecular weight excluding hydrogens is 342 g/mol. The van der Waals surface area contributed by atoms with E-state index in [0.29, 0.717) is 5.69 Å². The maximum atomic E-state index is 11.9. The Bertz CT molecular complexity index is 695. The van der Waals surface area contributed by atoms with E-state index in [1.165, 1.54) is 19.3 Å². The number of nitrogens with zero attached hydrogens (tertiary/aromatic N) is 1.